The van der Waals surface area contributed by atoms with E-state index in [1.165, 1.54) is 15.6 Å². The lowest BCUT2D eigenvalue weighted by Gasteiger charge is -2.16. The molecule has 11 nitrogen and oxygen atoms in total. The number of aromatic nitrogens is 6. The Labute approximate surface area is 187 Å². The Morgan fingerprint density at radius 1 is 1.18 bits per heavy atom. The number of nitrogens with zero attached hydrogens (tertiary/aromatic N) is 6. The molecule has 2 heterocycles. The van der Waals surface area contributed by atoms with Gasteiger partial charge in [-0.05, 0) is 46.3 Å². The zero-order valence-electron chi connectivity index (χ0n) is 17.9. The maximum absolute atomic E-state index is 12.9. The number of methoxy groups -OCH3 is 1. The topological polar surface area (TPSA) is 134 Å². The number of carboxylic acids is 1. The third-order valence-electron chi connectivity index (χ3n) is 4.91. The van der Waals surface area contributed by atoms with Crippen LogP contribution in [-0.4, -0.2) is 47.9 Å². The molecule has 0 aliphatic rings. The van der Waals surface area contributed by atoms with Crippen molar-refractivity contribution in [2.24, 2.45) is 0 Å². The highest BCUT2D eigenvalue weighted by molar-refractivity contribution is 5.86. The Bertz CT molecular complexity index is 1350. The molecule has 0 bridgehead atoms. The summed E-state index contributed by atoms with van der Waals surface area (Å²) >= 11 is 0. The number of ether oxygens (including phenoxy) is 2. The van der Waals surface area contributed by atoms with Crippen LogP contribution in [0.15, 0.2) is 59.8 Å². The molecule has 0 saturated carbocycles. The Morgan fingerprint density at radius 3 is 2.73 bits per heavy atom. The normalized spacial score (nSPS) is 10.7. The fraction of sp³-hybridized carbons (Fsp3) is 0.182. The molecule has 11 heteroatoms. The molecule has 0 aliphatic carbocycles. The van der Waals surface area contributed by atoms with Gasteiger partial charge in [-0.1, -0.05) is 19.1 Å². The van der Waals surface area contributed by atoms with E-state index in [1.54, 1.807) is 25.3 Å². The van der Waals surface area contributed by atoms with Crippen molar-refractivity contribution >= 4 is 5.97 Å². The van der Waals surface area contributed by atoms with Crippen molar-refractivity contribution in [1.82, 2.24) is 29.8 Å². The minimum atomic E-state index is -1.34. The zero-order chi connectivity index (χ0) is 23.4. The monoisotopic (exact) mass is 448 g/mol. The van der Waals surface area contributed by atoms with Crippen LogP contribution < -0.4 is 15.0 Å². The van der Waals surface area contributed by atoms with Gasteiger partial charge in [0.1, 0.15) is 41.5 Å². The zero-order valence-corrected chi connectivity index (χ0v) is 17.9. The molecule has 33 heavy (non-hydrogen) atoms. The van der Waals surface area contributed by atoms with Crippen LogP contribution in [0.25, 0.3) is 11.4 Å². The summed E-state index contributed by atoms with van der Waals surface area (Å²) < 4.78 is 13.9. The van der Waals surface area contributed by atoms with Gasteiger partial charge in [-0.25, -0.2) is 9.78 Å². The molecule has 4 rings (SSSR count). The van der Waals surface area contributed by atoms with Gasteiger partial charge < -0.3 is 14.6 Å². The maximum Gasteiger partial charge on any atom is 0.342 e. The number of carbonyl (C=O) groups is 1. The second-order valence-electron chi connectivity index (χ2n) is 6.93. The predicted octanol–water partition coefficient (Wildman–Crippen LogP) is 2.06. The van der Waals surface area contributed by atoms with Crippen molar-refractivity contribution in [3.8, 4) is 22.9 Å². The van der Waals surface area contributed by atoms with Crippen LogP contribution in [0.4, 0.5) is 0 Å². The molecule has 168 valence electrons. The number of aromatic carboxylic acids is 1. The van der Waals surface area contributed by atoms with Crippen molar-refractivity contribution in [2.45, 2.75) is 20.0 Å². The first-order valence-corrected chi connectivity index (χ1v) is 9.99. The molecule has 2 aromatic heterocycles. The number of aryl methyl sites for hydroxylation is 1. The molecule has 0 atom stereocenters. The second kappa shape index (κ2) is 9.30. The fourth-order valence-corrected chi connectivity index (χ4v) is 3.29. The number of carboxylic acid groups (broad SMARTS) is 1. The standard InChI is InChI=1S/C22H20N6O5/c1-3-20-23-11-17(22(30)31)21(29)28(20)15-7-8-19(18(10-15)27-13-24-25-26-27)33-12-14-5-4-6-16(9-14)32-2/h4-11,13H,3,12H2,1-2H3,(H,30,31). The molecule has 2 aromatic carbocycles. The van der Waals surface area contributed by atoms with Crippen LogP contribution in [-0.2, 0) is 13.0 Å². The Morgan fingerprint density at radius 2 is 2.03 bits per heavy atom. The van der Waals surface area contributed by atoms with E-state index in [1.807, 2.05) is 31.2 Å². The smallest absolute Gasteiger partial charge is 0.342 e. The first kappa shape index (κ1) is 21.7. The molecule has 0 spiro atoms. The second-order valence-corrected chi connectivity index (χ2v) is 6.93. The summed E-state index contributed by atoms with van der Waals surface area (Å²) in [6, 6.07) is 12.4. The molecular formula is C22H20N6O5. The van der Waals surface area contributed by atoms with Gasteiger partial charge in [0.2, 0.25) is 0 Å². The van der Waals surface area contributed by atoms with Crippen molar-refractivity contribution in [1.29, 1.82) is 0 Å². The number of tetrazole rings is 1. The predicted molar refractivity (Wildman–Crippen MR) is 116 cm³/mol. The van der Waals surface area contributed by atoms with E-state index >= 15 is 0 Å². The number of hydrogen-bond acceptors (Lipinski definition) is 8. The molecule has 0 radical (unpaired) electrons. The van der Waals surface area contributed by atoms with Gasteiger partial charge in [-0.15, -0.1) is 5.10 Å². The maximum atomic E-state index is 12.9. The van der Waals surface area contributed by atoms with Gasteiger partial charge in [0, 0.05) is 12.6 Å². The van der Waals surface area contributed by atoms with E-state index in [2.05, 4.69) is 20.5 Å². The van der Waals surface area contributed by atoms with Crippen molar-refractivity contribution in [3.05, 3.63) is 82.3 Å². The molecule has 4 aromatic rings. The quantitative estimate of drug-likeness (QED) is 0.430. The van der Waals surface area contributed by atoms with Gasteiger partial charge >= 0.3 is 5.97 Å². The third kappa shape index (κ3) is 4.42. The van der Waals surface area contributed by atoms with E-state index in [4.69, 9.17) is 9.47 Å². The van der Waals surface area contributed by atoms with Crippen LogP contribution in [0, 0.1) is 0 Å². The summed E-state index contributed by atoms with van der Waals surface area (Å²) in [5.41, 5.74) is 0.669. The molecule has 0 unspecified atom stereocenters. The highest BCUT2D eigenvalue weighted by Crippen LogP contribution is 2.27. The van der Waals surface area contributed by atoms with Crippen molar-refractivity contribution in [3.63, 3.8) is 0 Å². The average molecular weight is 448 g/mol. The van der Waals surface area contributed by atoms with Gasteiger partial charge in [-0.3, -0.25) is 9.36 Å². The summed E-state index contributed by atoms with van der Waals surface area (Å²) in [5, 5.41) is 20.6. The van der Waals surface area contributed by atoms with Crippen molar-refractivity contribution < 1.29 is 19.4 Å². The highest BCUT2D eigenvalue weighted by atomic mass is 16.5. The van der Waals surface area contributed by atoms with Gasteiger partial charge in [0.05, 0.1) is 12.8 Å². The lowest BCUT2D eigenvalue weighted by atomic mass is 10.2. The first-order valence-electron chi connectivity index (χ1n) is 9.99. The summed E-state index contributed by atoms with van der Waals surface area (Å²) in [6.45, 7) is 2.08. The van der Waals surface area contributed by atoms with Gasteiger partial charge in [-0.2, -0.15) is 4.68 Å². The van der Waals surface area contributed by atoms with Crippen LogP contribution in [0.2, 0.25) is 0 Å². The average Bonchev–Trinajstić information content (AvgIpc) is 3.37. The first-order chi connectivity index (χ1) is 16.0. The van der Waals surface area contributed by atoms with Crippen LogP contribution in [0.1, 0.15) is 28.7 Å². The number of rotatable bonds is 8. The van der Waals surface area contributed by atoms with Crippen LogP contribution in [0.3, 0.4) is 0 Å². The van der Waals surface area contributed by atoms with E-state index in [0.717, 1.165) is 11.8 Å². The molecule has 0 fully saturated rings. The van der Waals surface area contributed by atoms with Crippen molar-refractivity contribution in [2.75, 3.05) is 7.11 Å². The van der Waals surface area contributed by atoms with Crippen LogP contribution in [0.5, 0.6) is 11.5 Å². The molecule has 1 N–H and O–H groups in total. The Hall–Kier alpha value is -4.54. The molecular weight excluding hydrogens is 428 g/mol. The molecule has 0 aliphatic heterocycles. The third-order valence-corrected chi connectivity index (χ3v) is 4.91. The SMILES string of the molecule is CCc1ncc(C(=O)O)c(=O)n1-c1ccc(OCc2cccc(OC)c2)c(-n2cnnn2)c1. The van der Waals surface area contributed by atoms with E-state index in [9.17, 15) is 14.7 Å². The summed E-state index contributed by atoms with van der Waals surface area (Å²) in [4.78, 5) is 28.5. The Kier molecular flexibility index (Phi) is 6.11. The molecule has 0 amide bonds. The highest BCUT2D eigenvalue weighted by Gasteiger charge is 2.18. The minimum absolute atomic E-state index is 0.252. The molecule has 0 saturated heterocycles. The number of hydrogen-bond donors (Lipinski definition) is 1. The summed E-state index contributed by atoms with van der Waals surface area (Å²) in [5.74, 6) is 0.243. The largest absolute Gasteiger partial charge is 0.497 e. The number of benzene rings is 2. The van der Waals surface area contributed by atoms with Crippen LogP contribution >= 0.6 is 0 Å². The van der Waals surface area contributed by atoms with E-state index in [0.29, 0.717) is 35.1 Å². The van der Waals surface area contributed by atoms with Gasteiger partial charge in [0.25, 0.3) is 5.56 Å². The van der Waals surface area contributed by atoms with Gasteiger partial charge in [0.15, 0.2) is 0 Å². The lowest BCUT2D eigenvalue weighted by molar-refractivity contribution is 0.0694. The minimum Gasteiger partial charge on any atom is -0.497 e. The van der Waals surface area contributed by atoms with E-state index in [-0.39, 0.29) is 6.61 Å². The van der Waals surface area contributed by atoms with E-state index < -0.39 is 17.1 Å². The fourth-order valence-electron chi connectivity index (χ4n) is 3.29. The summed E-state index contributed by atoms with van der Waals surface area (Å²) in [7, 11) is 1.59. The Balaban J connectivity index is 1.78. The summed E-state index contributed by atoms with van der Waals surface area (Å²) in [6.07, 6.45) is 2.89. The lowest BCUT2D eigenvalue weighted by Crippen LogP contribution is -2.28.